The van der Waals surface area contributed by atoms with Crippen LogP contribution in [-0.2, 0) is 31.4 Å². The van der Waals surface area contributed by atoms with E-state index in [0.717, 1.165) is 10.1 Å². The Balaban J connectivity index is 1.71. The second-order valence-electron chi connectivity index (χ2n) is 9.58. The highest BCUT2D eigenvalue weighted by Gasteiger charge is 2.30. The number of rotatable bonds is 11. The van der Waals surface area contributed by atoms with E-state index >= 15 is 0 Å². The molecular weight excluding hydrogens is 573 g/mol. The summed E-state index contributed by atoms with van der Waals surface area (Å²) in [6.45, 7) is 4.36. The lowest BCUT2D eigenvalue weighted by Gasteiger charge is -2.29. The molecule has 1 fully saturated rings. The molecule has 1 aliphatic heterocycles. The molecule has 4 heterocycles. The van der Waals surface area contributed by atoms with Crippen molar-refractivity contribution in [1.29, 1.82) is 0 Å². The molecule has 5 rings (SSSR count). The van der Waals surface area contributed by atoms with Crippen molar-refractivity contribution in [3.8, 4) is 16.5 Å². The smallest absolute Gasteiger partial charge is 0.347 e. The van der Waals surface area contributed by atoms with E-state index in [9.17, 15) is 19.0 Å². The molecule has 14 heteroatoms. The zero-order valence-electron chi connectivity index (χ0n) is 23.0. The topological polar surface area (TPSA) is 144 Å². The standard InChI is InChI=1S/C27H32N3O9PS/c1-4-38-40(33,34)16-30-25(31)22-17(2)23(24-28-11-14-37-24)41-26(22)29(27(30)32)15-21(39-18-9-12-36-13-10-18)19-7-5-6-8-20(19)35-3/h5-8,11,14,18,21H,4,9-10,12-13,15-16H2,1-3H3,(H,33,34)/t21-/m0/s1. The number of aryl methyl sites for hydroxylation is 1. The fraction of sp³-hybridized carbons (Fsp3) is 0.444. The van der Waals surface area contributed by atoms with Gasteiger partial charge >= 0.3 is 13.3 Å². The molecule has 1 N–H and O–H groups in total. The van der Waals surface area contributed by atoms with E-state index in [1.165, 1.54) is 28.4 Å². The Bertz CT molecular complexity index is 1670. The molecule has 1 aliphatic rings. The maximum atomic E-state index is 14.0. The van der Waals surface area contributed by atoms with Crippen LogP contribution in [0, 0.1) is 6.92 Å². The molecule has 41 heavy (non-hydrogen) atoms. The first-order chi connectivity index (χ1) is 19.7. The molecular formula is C27H32N3O9PS. The fourth-order valence-corrected chi connectivity index (χ4v) is 7.33. The van der Waals surface area contributed by atoms with Gasteiger partial charge in [-0.1, -0.05) is 18.2 Å². The monoisotopic (exact) mass is 605 g/mol. The molecule has 12 nitrogen and oxygen atoms in total. The van der Waals surface area contributed by atoms with Crippen molar-refractivity contribution in [2.75, 3.05) is 26.9 Å². The van der Waals surface area contributed by atoms with E-state index < -0.39 is 31.2 Å². The Morgan fingerprint density at radius 1 is 1.22 bits per heavy atom. The number of ether oxygens (including phenoxy) is 3. The lowest BCUT2D eigenvalue weighted by molar-refractivity contribution is -0.0753. The van der Waals surface area contributed by atoms with Crippen LogP contribution in [0.5, 0.6) is 5.75 Å². The van der Waals surface area contributed by atoms with Gasteiger partial charge in [-0.15, -0.1) is 11.3 Å². The Labute approximate surface area is 239 Å². The quantitative estimate of drug-likeness (QED) is 0.246. The third-order valence-electron chi connectivity index (χ3n) is 6.93. The first-order valence-corrected chi connectivity index (χ1v) is 15.8. The zero-order chi connectivity index (χ0) is 29.1. The van der Waals surface area contributed by atoms with Crippen LogP contribution in [0.3, 0.4) is 0 Å². The van der Waals surface area contributed by atoms with E-state index in [2.05, 4.69) is 4.98 Å². The molecule has 220 valence electrons. The van der Waals surface area contributed by atoms with Gasteiger partial charge in [-0.05, 0) is 38.3 Å². The van der Waals surface area contributed by atoms with Crippen molar-refractivity contribution in [3.63, 3.8) is 0 Å². The van der Waals surface area contributed by atoms with Crippen LogP contribution in [0.2, 0.25) is 0 Å². The van der Waals surface area contributed by atoms with Crippen LogP contribution in [0.15, 0.2) is 50.7 Å². The molecule has 1 saturated heterocycles. The third kappa shape index (κ3) is 6.11. The second-order valence-corrected chi connectivity index (χ2v) is 12.4. The average Bonchev–Trinajstić information content (AvgIpc) is 3.61. The predicted octanol–water partition coefficient (Wildman–Crippen LogP) is 4.31. The lowest BCUT2D eigenvalue weighted by atomic mass is 10.1. The van der Waals surface area contributed by atoms with Gasteiger partial charge in [0.15, 0.2) is 0 Å². The number of oxazole rings is 1. The van der Waals surface area contributed by atoms with E-state index in [-0.39, 0.29) is 24.6 Å². The Morgan fingerprint density at radius 3 is 2.66 bits per heavy atom. The van der Waals surface area contributed by atoms with Crippen LogP contribution in [-0.4, -0.2) is 52.0 Å². The number of benzene rings is 1. The van der Waals surface area contributed by atoms with Crippen molar-refractivity contribution in [3.05, 3.63) is 68.7 Å². The highest BCUT2D eigenvalue weighted by Crippen LogP contribution is 2.43. The minimum Gasteiger partial charge on any atom is -0.496 e. The molecule has 0 bridgehead atoms. The maximum Gasteiger partial charge on any atom is 0.347 e. The van der Waals surface area contributed by atoms with Crippen LogP contribution in [0.25, 0.3) is 21.0 Å². The van der Waals surface area contributed by atoms with Gasteiger partial charge in [0.05, 0.1) is 42.8 Å². The Morgan fingerprint density at radius 2 is 1.98 bits per heavy atom. The van der Waals surface area contributed by atoms with Gasteiger partial charge in [-0.3, -0.25) is 13.9 Å². The van der Waals surface area contributed by atoms with Crippen LogP contribution >= 0.6 is 18.9 Å². The summed E-state index contributed by atoms with van der Waals surface area (Å²) < 4.78 is 43.2. The predicted molar refractivity (Wildman–Crippen MR) is 153 cm³/mol. The van der Waals surface area contributed by atoms with Gasteiger partial charge in [0.1, 0.15) is 29.2 Å². The first-order valence-electron chi connectivity index (χ1n) is 13.2. The van der Waals surface area contributed by atoms with E-state index in [1.54, 1.807) is 21.0 Å². The second kappa shape index (κ2) is 12.4. The summed E-state index contributed by atoms with van der Waals surface area (Å²) in [7, 11) is -2.74. The number of hydrogen-bond acceptors (Lipinski definition) is 10. The number of aromatic nitrogens is 3. The largest absolute Gasteiger partial charge is 0.496 e. The van der Waals surface area contributed by atoms with Crippen molar-refractivity contribution in [2.24, 2.45) is 0 Å². The average molecular weight is 606 g/mol. The molecule has 1 unspecified atom stereocenters. The number of fused-ring (bicyclic) bond motifs is 1. The Kier molecular flexibility index (Phi) is 8.93. The summed E-state index contributed by atoms with van der Waals surface area (Å²) in [5, 5.41) is 0.226. The van der Waals surface area contributed by atoms with Gasteiger partial charge < -0.3 is 28.0 Å². The minimum atomic E-state index is -4.30. The number of thiophene rings is 1. The summed E-state index contributed by atoms with van der Waals surface area (Å²) in [5.74, 6) is 0.886. The number of nitrogens with zero attached hydrogens (tertiary/aromatic N) is 3. The van der Waals surface area contributed by atoms with Crippen LogP contribution < -0.4 is 16.0 Å². The van der Waals surface area contributed by atoms with Gasteiger partial charge in [0.2, 0.25) is 5.89 Å². The third-order valence-corrected chi connectivity index (χ3v) is 9.54. The summed E-state index contributed by atoms with van der Waals surface area (Å²) in [6.07, 6.45) is 2.72. The first kappa shape index (κ1) is 29.4. The Hall–Kier alpha value is -3.06. The maximum absolute atomic E-state index is 14.0. The van der Waals surface area contributed by atoms with Crippen molar-refractivity contribution >= 4 is 29.1 Å². The normalized spacial score (nSPS) is 16.6. The van der Waals surface area contributed by atoms with Crippen molar-refractivity contribution < 1.29 is 32.6 Å². The summed E-state index contributed by atoms with van der Waals surface area (Å²) in [4.78, 5) is 43.3. The molecule has 2 atom stereocenters. The van der Waals surface area contributed by atoms with Crippen LogP contribution in [0.1, 0.15) is 37.0 Å². The highest BCUT2D eigenvalue weighted by atomic mass is 32.1. The number of para-hydroxylation sites is 1. The minimum absolute atomic E-state index is 0.00266. The molecule has 3 aromatic heterocycles. The molecule has 0 aliphatic carbocycles. The summed E-state index contributed by atoms with van der Waals surface area (Å²) in [6, 6.07) is 7.39. The van der Waals surface area contributed by atoms with Crippen molar-refractivity contribution in [1.82, 2.24) is 14.1 Å². The van der Waals surface area contributed by atoms with E-state index in [4.69, 9.17) is 23.2 Å². The molecule has 0 amide bonds. The number of methoxy groups -OCH3 is 1. The lowest BCUT2D eigenvalue weighted by Crippen LogP contribution is -2.41. The zero-order valence-corrected chi connectivity index (χ0v) is 24.7. The van der Waals surface area contributed by atoms with E-state index in [0.29, 0.717) is 53.0 Å². The van der Waals surface area contributed by atoms with Crippen molar-refractivity contribution in [2.45, 2.75) is 51.7 Å². The van der Waals surface area contributed by atoms with Gasteiger partial charge in [-0.25, -0.2) is 14.3 Å². The van der Waals surface area contributed by atoms with Crippen LogP contribution in [0.4, 0.5) is 0 Å². The molecule has 0 saturated carbocycles. The fourth-order valence-electron chi connectivity index (χ4n) is 5.00. The highest BCUT2D eigenvalue weighted by molar-refractivity contribution is 7.51. The molecule has 0 spiro atoms. The SMILES string of the molecule is CCOP(=O)(O)Cn1c(=O)c2c(C)c(-c3ncco3)sc2n(C[C@H](OC2CCOCC2)c2ccccc2OC)c1=O. The van der Waals surface area contributed by atoms with Gasteiger partial charge in [0, 0.05) is 18.8 Å². The summed E-state index contributed by atoms with van der Waals surface area (Å²) in [5.41, 5.74) is -0.181. The van der Waals surface area contributed by atoms with E-state index in [1.807, 2.05) is 24.3 Å². The molecule has 1 aromatic carbocycles. The number of hydrogen-bond donors (Lipinski definition) is 1. The van der Waals surface area contributed by atoms with Gasteiger partial charge in [0.25, 0.3) is 5.56 Å². The molecule has 4 aromatic rings. The summed E-state index contributed by atoms with van der Waals surface area (Å²) >= 11 is 1.19. The van der Waals surface area contributed by atoms with Gasteiger partial charge in [-0.2, -0.15) is 0 Å². The molecule has 0 radical (unpaired) electrons.